The number of hydrogen-bond donors (Lipinski definition) is 0. The molecule has 0 spiro atoms. The van der Waals surface area contributed by atoms with Crippen molar-refractivity contribution >= 4 is 17.9 Å². The molecule has 0 aromatic carbocycles. The third-order valence-corrected chi connectivity index (χ3v) is 12.6. The van der Waals surface area contributed by atoms with E-state index in [-0.39, 0.29) is 37.5 Å². The zero-order chi connectivity index (χ0) is 51.4. The molecule has 0 radical (unpaired) electrons. The summed E-state index contributed by atoms with van der Waals surface area (Å²) in [4.78, 5) is 38.0. The highest BCUT2D eigenvalue weighted by Gasteiger charge is 2.19. The molecule has 0 N–H and O–H groups in total. The van der Waals surface area contributed by atoms with Gasteiger partial charge in [-0.15, -0.1) is 0 Å². The van der Waals surface area contributed by atoms with Gasteiger partial charge in [-0.25, -0.2) is 0 Å². The number of carbonyl (C=O) groups is 3. The Kier molecular flexibility index (Phi) is 55.9. The fourth-order valence-corrected chi connectivity index (χ4v) is 8.12. The number of hydrogen-bond acceptors (Lipinski definition) is 6. The summed E-state index contributed by atoms with van der Waals surface area (Å²) in [5.41, 5.74) is 0. The molecule has 0 saturated heterocycles. The molecule has 1 atom stereocenters. The summed E-state index contributed by atoms with van der Waals surface area (Å²) in [6.45, 7) is 6.45. The Bertz CT molecular complexity index is 1410. The van der Waals surface area contributed by atoms with Crippen LogP contribution in [0.5, 0.6) is 0 Å². The van der Waals surface area contributed by atoms with Gasteiger partial charge in [0.15, 0.2) is 6.10 Å². The van der Waals surface area contributed by atoms with E-state index in [1.165, 1.54) is 128 Å². The first-order valence-corrected chi connectivity index (χ1v) is 29.7. The average molecular weight is 988 g/mol. The normalized spacial score (nSPS) is 12.8. The van der Waals surface area contributed by atoms with E-state index in [0.29, 0.717) is 12.8 Å². The van der Waals surface area contributed by atoms with Crippen molar-refractivity contribution in [2.45, 2.75) is 284 Å². The second kappa shape index (κ2) is 58.9. The Hall–Kier alpha value is -3.67. The molecular formula is C65H110O6. The van der Waals surface area contributed by atoms with Gasteiger partial charge in [-0.2, -0.15) is 0 Å². The number of allylic oxidation sites excluding steroid dienone is 16. The maximum absolute atomic E-state index is 12.8. The van der Waals surface area contributed by atoms with Crippen LogP contribution in [0.2, 0.25) is 0 Å². The standard InChI is InChI=1S/C65H110O6/c1-4-7-10-13-16-18-20-22-24-26-28-29-30-31-32-33-34-35-37-38-40-42-44-46-49-52-55-58-64(67)70-61-62(60-69-63(66)57-54-51-48-15-12-9-6-3)71-65(68)59-56-53-50-47-45-43-41-39-36-27-25-23-21-19-17-14-11-8-5-2/h8,11,17,19-20,22-23,25-26,28,30-31,36,39,43,45,62H,4-7,9-10,12-16,18,21,24,27,29,32-35,37-38,40-42,44,46-61H2,1-3H3/b11-8-,19-17-,22-20-,25-23-,28-26-,31-30-,39-36-,45-43-. The quantitative estimate of drug-likeness (QED) is 0.0261. The van der Waals surface area contributed by atoms with Crippen LogP contribution in [0.4, 0.5) is 0 Å². The summed E-state index contributed by atoms with van der Waals surface area (Å²) < 4.78 is 16.8. The van der Waals surface area contributed by atoms with E-state index in [1.807, 2.05) is 0 Å². The first-order valence-electron chi connectivity index (χ1n) is 29.7. The van der Waals surface area contributed by atoms with Crippen LogP contribution < -0.4 is 0 Å². The van der Waals surface area contributed by atoms with Crippen LogP contribution >= 0.6 is 0 Å². The van der Waals surface area contributed by atoms with Gasteiger partial charge in [-0.3, -0.25) is 14.4 Å². The molecule has 0 fully saturated rings. The summed E-state index contributed by atoms with van der Waals surface area (Å²) >= 11 is 0. The Morgan fingerprint density at radius 1 is 0.296 bits per heavy atom. The van der Waals surface area contributed by atoms with Crippen molar-refractivity contribution in [2.24, 2.45) is 0 Å². The summed E-state index contributed by atoms with van der Waals surface area (Å²) in [6.07, 6.45) is 78.6. The van der Waals surface area contributed by atoms with E-state index in [1.54, 1.807) is 0 Å². The van der Waals surface area contributed by atoms with E-state index in [0.717, 1.165) is 109 Å². The lowest BCUT2D eigenvalue weighted by atomic mass is 10.0. The Morgan fingerprint density at radius 2 is 0.549 bits per heavy atom. The molecule has 0 aromatic rings. The van der Waals surface area contributed by atoms with E-state index in [4.69, 9.17) is 14.2 Å². The molecule has 1 unspecified atom stereocenters. The maximum atomic E-state index is 12.8. The first kappa shape index (κ1) is 67.3. The molecular weight excluding hydrogens is 877 g/mol. The van der Waals surface area contributed by atoms with Gasteiger partial charge in [-0.05, 0) is 103 Å². The van der Waals surface area contributed by atoms with Crippen molar-refractivity contribution in [1.82, 2.24) is 0 Å². The van der Waals surface area contributed by atoms with E-state index < -0.39 is 6.10 Å². The molecule has 0 saturated carbocycles. The fourth-order valence-electron chi connectivity index (χ4n) is 8.12. The summed E-state index contributed by atoms with van der Waals surface area (Å²) in [7, 11) is 0. The minimum atomic E-state index is -0.794. The minimum Gasteiger partial charge on any atom is -0.462 e. The number of unbranched alkanes of at least 4 members (excludes halogenated alkanes) is 26. The van der Waals surface area contributed by atoms with Crippen molar-refractivity contribution in [1.29, 1.82) is 0 Å². The first-order chi connectivity index (χ1) is 35.0. The smallest absolute Gasteiger partial charge is 0.306 e. The van der Waals surface area contributed by atoms with Crippen molar-refractivity contribution < 1.29 is 28.6 Å². The van der Waals surface area contributed by atoms with E-state index >= 15 is 0 Å². The summed E-state index contributed by atoms with van der Waals surface area (Å²) in [5.74, 6) is -0.929. The second-order valence-electron chi connectivity index (χ2n) is 19.5. The molecule has 406 valence electrons. The molecule has 0 heterocycles. The van der Waals surface area contributed by atoms with Gasteiger partial charge in [0.1, 0.15) is 13.2 Å². The van der Waals surface area contributed by atoms with Gasteiger partial charge in [0.2, 0.25) is 0 Å². The van der Waals surface area contributed by atoms with Crippen molar-refractivity contribution in [3.63, 3.8) is 0 Å². The zero-order valence-electron chi connectivity index (χ0n) is 46.5. The van der Waals surface area contributed by atoms with E-state index in [2.05, 4.69) is 118 Å². The monoisotopic (exact) mass is 987 g/mol. The molecule has 71 heavy (non-hydrogen) atoms. The van der Waals surface area contributed by atoms with Gasteiger partial charge in [-0.1, -0.05) is 253 Å². The number of esters is 3. The topological polar surface area (TPSA) is 78.9 Å². The van der Waals surface area contributed by atoms with Gasteiger partial charge in [0.05, 0.1) is 0 Å². The summed E-state index contributed by atoms with van der Waals surface area (Å²) in [6, 6.07) is 0. The predicted octanol–water partition coefficient (Wildman–Crippen LogP) is 20.1. The van der Waals surface area contributed by atoms with Gasteiger partial charge < -0.3 is 14.2 Å². The molecule has 0 rings (SSSR count). The van der Waals surface area contributed by atoms with Crippen LogP contribution in [-0.2, 0) is 28.6 Å². The van der Waals surface area contributed by atoms with Crippen LogP contribution in [0.1, 0.15) is 278 Å². The van der Waals surface area contributed by atoms with Crippen LogP contribution in [-0.4, -0.2) is 37.2 Å². The third-order valence-electron chi connectivity index (χ3n) is 12.6. The molecule has 0 aliphatic heterocycles. The lowest BCUT2D eigenvalue weighted by molar-refractivity contribution is -0.167. The third kappa shape index (κ3) is 57.1. The van der Waals surface area contributed by atoms with Crippen LogP contribution in [0.25, 0.3) is 0 Å². The Morgan fingerprint density at radius 3 is 0.873 bits per heavy atom. The highest BCUT2D eigenvalue weighted by Crippen LogP contribution is 2.15. The number of ether oxygens (including phenoxy) is 3. The minimum absolute atomic E-state index is 0.0910. The molecule has 0 amide bonds. The molecule has 0 aliphatic carbocycles. The Balaban J connectivity index is 4.20. The number of carbonyl (C=O) groups excluding carboxylic acids is 3. The lowest BCUT2D eigenvalue weighted by Gasteiger charge is -2.18. The van der Waals surface area contributed by atoms with Crippen LogP contribution in [0.3, 0.4) is 0 Å². The van der Waals surface area contributed by atoms with E-state index in [9.17, 15) is 14.4 Å². The molecule has 0 aliphatic rings. The van der Waals surface area contributed by atoms with Crippen molar-refractivity contribution in [3.8, 4) is 0 Å². The Labute approximate surface area is 438 Å². The molecule has 0 bridgehead atoms. The SMILES string of the molecule is CC/C=C\C/C=C\C/C=C\C/C=C\C/C=C\CCCCCC(=O)OC(COC(=O)CCCCCCCCC)COC(=O)CCCCCCCCCCCCCC/C=C\C/C=C\C/C=C\CCCCCCC. The molecule has 6 nitrogen and oxygen atoms in total. The summed E-state index contributed by atoms with van der Waals surface area (Å²) in [5, 5.41) is 0. The van der Waals surface area contributed by atoms with Crippen molar-refractivity contribution in [2.75, 3.05) is 13.2 Å². The second-order valence-corrected chi connectivity index (χ2v) is 19.5. The number of rotatable bonds is 53. The molecule has 0 aromatic heterocycles. The predicted molar refractivity (Wildman–Crippen MR) is 307 cm³/mol. The largest absolute Gasteiger partial charge is 0.462 e. The average Bonchev–Trinajstić information content (AvgIpc) is 3.37. The van der Waals surface area contributed by atoms with Crippen LogP contribution in [0.15, 0.2) is 97.2 Å². The van der Waals surface area contributed by atoms with Crippen molar-refractivity contribution in [3.05, 3.63) is 97.2 Å². The molecule has 6 heteroatoms. The fraction of sp³-hybridized carbons (Fsp3) is 0.708. The highest BCUT2D eigenvalue weighted by molar-refractivity contribution is 5.71. The van der Waals surface area contributed by atoms with Crippen LogP contribution in [0, 0.1) is 0 Å². The maximum Gasteiger partial charge on any atom is 0.306 e. The highest BCUT2D eigenvalue weighted by atomic mass is 16.6. The van der Waals surface area contributed by atoms with Gasteiger partial charge in [0.25, 0.3) is 0 Å². The lowest BCUT2D eigenvalue weighted by Crippen LogP contribution is -2.30. The van der Waals surface area contributed by atoms with Gasteiger partial charge >= 0.3 is 17.9 Å². The van der Waals surface area contributed by atoms with Gasteiger partial charge in [0, 0.05) is 19.3 Å². The zero-order valence-corrected chi connectivity index (χ0v) is 46.5.